The van der Waals surface area contributed by atoms with Gasteiger partial charge in [-0.2, -0.15) is 0 Å². The highest BCUT2D eigenvalue weighted by Gasteiger charge is 2.03. The first-order valence-electron chi connectivity index (χ1n) is 6.52. The number of hydrogen-bond donors (Lipinski definition) is 1. The Morgan fingerprint density at radius 2 is 2.05 bits per heavy atom. The fourth-order valence-corrected chi connectivity index (χ4v) is 2.41. The summed E-state index contributed by atoms with van der Waals surface area (Å²) in [6.07, 6.45) is 3.46. The summed E-state index contributed by atoms with van der Waals surface area (Å²) in [6.45, 7) is 0.810. The molecule has 0 saturated heterocycles. The molecule has 0 atom stereocenters. The largest absolute Gasteiger partial charge is 0.497 e. The highest BCUT2D eigenvalue weighted by atomic mass is 16.5. The van der Waals surface area contributed by atoms with Gasteiger partial charge in [0, 0.05) is 29.9 Å². The maximum Gasteiger partial charge on any atom is 0.119 e. The number of nitrogens with zero attached hydrogens (tertiary/aromatic N) is 1. The van der Waals surface area contributed by atoms with Gasteiger partial charge in [-0.25, -0.2) is 0 Å². The molecule has 1 heterocycles. The summed E-state index contributed by atoms with van der Waals surface area (Å²) in [5.41, 5.74) is 3.31. The molecule has 1 aromatic heterocycles. The lowest BCUT2D eigenvalue weighted by Gasteiger charge is -2.07. The van der Waals surface area contributed by atoms with Gasteiger partial charge in [0.25, 0.3) is 0 Å². The molecule has 0 aliphatic heterocycles. The van der Waals surface area contributed by atoms with E-state index in [1.165, 1.54) is 17.3 Å². The Hall–Kier alpha value is -2.55. The van der Waals surface area contributed by atoms with Crippen LogP contribution in [-0.4, -0.2) is 17.9 Å². The third kappa shape index (κ3) is 2.30. The second-order valence-electron chi connectivity index (χ2n) is 4.76. The summed E-state index contributed by atoms with van der Waals surface area (Å²) in [5, 5.41) is 8.47. The van der Waals surface area contributed by atoms with Crippen molar-refractivity contribution in [3.05, 3.63) is 65.9 Å². The fourth-order valence-electron chi connectivity index (χ4n) is 2.41. The zero-order valence-electron chi connectivity index (χ0n) is 11.3. The van der Waals surface area contributed by atoms with Crippen LogP contribution in [0.4, 0.5) is 0 Å². The van der Waals surface area contributed by atoms with Gasteiger partial charge < -0.3 is 14.7 Å². The summed E-state index contributed by atoms with van der Waals surface area (Å²) in [7, 11) is 1.68. The molecular weight excluding hydrogens is 248 g/mol. The van der Waals surface area contributed by atoms with E-state index in [9.17, 15) is 0 Å². The number of fused-ring (bicyclic) bond motifs is 1. The number of nitrogens with one attached hydrogen (secondary N) is 1. The van der Waals surface area contributed by atoms with Crippen molar-refractivity contribution in [2.24, 2.45) is 0 Å². The molecule has 3 rings (SSSR count). The second kappa shape index (κ2) is 5.21. The van der Waals surface area contributed by atoms with Crippen LogP contribution in [0.15, 0.2) is 54.7 Å². The SMILES string of the molecule is COc1cccc(Cn2ccc3cc(C=N)ccc32)c1. The maximum absolute atomic E-state index is 7.30. The van der Waals surface area contributed by atoms with Crippen LogP contribution in [0.2, 0.25) is 0 Å². The van der Waals surface area contributed by atoms with E-state index in [4.69, 9.17) is 10.1 Å². The Labute approximate surface area is 117 Å². The predicted octanol–water partition coefficient (Wildman–Crippen LogP) is 3.70. The Kier molecular flexibility index (Phi) is 3.25. The van der Waals surface area contributed by atoms with Crippen molar-refractivity contribution in [1.82, 2.24) is 4.57 Å². The Balaban J connectivity index is 1.96. The molecule has 0 fully saturated rings. The molecule has 3 nitrogen and oxygen atoms in total. The minimum absolute atomic E-state index is 0.810. The van der Waals surface area contributed by atoms with Gasteiger partial charge in [-0.15, -0.1) is 0 Å². The van der Waals surface area contributed by atoms with Crippen LogP contribution < -0.4 is 4.74 Å². The normalized spacial score (nSPS) is 10.7. The minimum Gasteiger partial charge on any atom is -0.497 e. The number of benzene rings is 2. The Bertz CT molecular complexity index is 759. The molecule has 100 valence electrons. The molecule has 20 heavy (non-hydrogen) atoms. The van der Waals surface area contributed by atoms with Crippen molar-refractivity contribution in [1.29, 1.82) is 5.41 Å². The molecule has 0 aliphatic carbocycles. The molecule has 0 unspecified atom stereocenters. The third-order valence-corrected chi connectivity index (χ3v) is 3.45. The lowest BCUT2D eigenvalue weighted by atomic mass is 10.1. The zero-order chi connectivity index (χ0) is 13.9. The first-order valence-corrected chi connectivity index (χ1v) is 6.52. The van der Waals surface area contributed by atoms with Crippen LogP contribution in [0.25, 0.3) is 10.9 Å². The first kappa shape index (κ1) is 12.5. The monoisotopic (exact) mass is 264 g/mol. The van der Waals surface area contributed by atoms with Gasteiger partial charge in [0.05, 0.1) is 7.11 Å². The molecule has 0 spiro atoms. The van der Waals surface area contributed by atoms with Crippen molar-refractivity contribution in [3.63, 3.8) is 0 Å². The molecule has 0 saturated carbocycles. The standard InChI is InChI=1S/C17H16N2O/c1-20-16-4-2-3-14(10-16)12-19-8-7-15-9-13(11-18)5-6-17(15)19/h2-11,18H,12H2,1H3. The quantitative estimate of drug-likeness (QED) is 0.717. The Morgan fingerprint density at radius 1 is 1.15 bits per heavy atom. The van der Waals surface area contributed by atoms with Gasteiger partial charge in [-0.3, -0.25) is 0 Å². The van der Waals surface area contributed by atoms with E-state index in [-0.39, 0.29) is 0 Å². The highest BCUT2D eigenvalue weighted by molar-refractivity contribution is 5.88. The van der Waals surface area contributed by atoms with Crippen LogP contribution >= 0.6 is 0 Å². The van der Waals surface area contributed by atoms with Crippen molar-refractivity contribution in [2.75, 3.05) is 7.11 Å². The van der Waals surface area contributed by atoms with E-state index in [0.29, 0.717) is 0 Å². The van der Waals surface area contributed by atoms with E-state index in [0.717, 1.165) is 23.2 Å². The number of ether oxygens (including phenoxy) is 1. The molecule has 0 bridgehead atoms. The lowest BCUT2D eigenvalue weighted by molar-refractivity contribution is 0.414. The summed E-state index contributed by atoms with van der Waals surface area (Å²) in [4.78, 5) is 0. The minimum atomic E-state index is 0.810. The number of hydrogen-bond acceptors (Lipinski definition) is 2. The van der Waals surface area contributed by atoms with Crippen molar-refractivity contribution in [3.8, 4) is 5.75 Å². The third-order valence-electron chi connectivity index (χ3n) is 3.45. The number of rotatable bonds is 4. The number of methoxy groups -OCH3 is 1. The fraction of sp³-hybridized carbons (Fsp3) is 0.118. The van der Waals surface area contributed by atoms with Crippen LogP contribution in [0.3, 0.4) is 0 Å². The topological polar surface area (TPSA) is 38.0 Å². The zero-order valence-corrected chi connectivity index (χ0v) is 11.3. The highest BCUT2D eigenvalue weighted by Crippen LogP contribution is 2.20. The summed E-state index contributed by atoms with van der Waals surface area (Å²) in [5.74, 6) is 0.880. The molecule has 0 aliphatic rings. The molecule has 3 aromatic rings. The average molecular weight is 264 g/mol. The van der Waals surface area contributed by atoms with Crippen molar-refractivity contribution in [2.45, 2.75) is 6.54 Å². The molecule has 2 aromatic carbocycles. The van der Waals surface area contributed by atoms with Gasteiger partial charge in [-0.1, -0.05) is 18.2 Å². The van der Waals surface area contributed by atoms with Crippen LogP contribution in [0, 0.1) is 5.41 Å². The maximum atomic E-state index is 7.30. The molecule has 1 N–H and O–H groups in total. The predicted molar refractivity (Wildman–Crippen MR) is 81.9 cm³/mol. The van der Waals surface area contributed by atoms with Crippen molar-refractivity contribution < 1.29 is 4.74 Å². The molecular formula is C17H16N2O. The summed E-state index contributed by atoms with van der Waals surface area (Å²) in [6, 6.07) is 16.3. The van der Waals surface area contributed by atoms with Crippen LogP contribution in [0.5, 0.6) is 5.75 Å². The van der Waals surface area contributed by atoms with Gasteiger partial charge in [0.15, 0.2) is 0 Å². The molecule has 3 heteroatoms. The summed E-state index contributed by atoms with van der Waals surface area (Å²) < 4.78 is 7.46. The van der Waals surface area contributed by atoms with Gasteiger partial charge in [0.1, 0.15) is 5.75 Å². The second-order valence-corrected chi connectivity index (χ2v) is 4.76. The van der Waals surface area contributed by atoms with Crippen molar-refractivity contribution >= 4 is 17.1 Å². The van der Waals surface area contributed by atoms with E-state index < -0.39 is 0 Å². The number of aromatic nitrogens is 1. The first-order chi connectivity index (χ1) is 9.80. The average Bonchev–Trinajstić information content (AvgIpc) is 2.89. The molecule has 0 radical (unpaired) electrons. The van der Waals surface area contributed by atoms with Crippen LogP contribution in [-0.2, 0) is 6.54 Å². The van der Waals surface area contributed by atoms with Gasteiger partial charge in [0.2, 0.25) is 0 Å². The Morgan fingerprint density at radius 3 is 2.85 bits per heavy atom. The lowest BCUT2D eigenvalue weighted by Crippen LogP contribution is -1.98. The van der Waals surface area contributed by atoms with E-state index in [1.54, 1.807) is 7.11 Å². The van der Waals surface area contributed by atoms with Crippen LogP contribution in [0.1, 0.15) is 11.1 Å². The van der Waals surface area contributed by atoms with E-state index in [2.05, 4.69) is 35.0 Å². The summed E-state index contributed by atoms with van der Waals surface area (Å²) >= 11 is 0. The smallest absolute Gasteiger partial charge is 0.119 e. The van der Waals surface area contributed by atoms with Gasteiger partial charge >= 0.3 is 0 Å². The van der Waals surface area contributed by atoms with Gasteiger partial charge in [-0.05, 0) is 41.5 Å². The molecule has 0 amide bonds. The van der Waals surface area contributed by atoms with E-state index in [1.807, 2.05) is 24.3 Å². The van der Waals surface area contributed by atoms with E-state index >= 15 is 0 Å².